The Balaban J connectivity index is 1.60. The predicted octanol–water partition coefficient (Wildman–Crippen LogP) is 2.87. The number of rotatable bonds is 4. The first kappa shape index (κ1) is 12.7. The number of nitrogens with one attached hydrogen (secondary N) is 1. The Morgan fingerprint density at radius 3 is 2.45 bits per heavy atom. The Hall–Kier alpha value is -2.29. The number of carbonyl (C=O) groups is 1. The van der Waals surface area contributed by atoms with E-state index in [2.05, 4.69) is 5.32 Å². The summed E-state index contributed by atoms with van der Waals surface area (Å²) < 4.78 is 5.75. The quantitative estimate of drug-likeness (QED) is 0.925. The molecule has 3 heteroatoms. The van der Waals surface area contributed by atoms with Crippen molar-refractivity contribution in [1.82, 2.24) is 5.32 Å². The summed E-state index contributed by atoms with van der Waals surface area (Å²) in [6.07, 6.45) is 0.588. The Bertz CT molecular complexity index is 578. The molecule has 0 aromatic heterocycles. The zero-order valence-corrected chi connectivity index (χ0v) is 11.2. The summed E-state index contributed by atoms with van der Waals surface area (Å²) in [5, 5.41) is 2.86. The zero-order chi connectivity index (χ0) is 13.8. The molecule has 102 valence electrons. The lowest BCUT2D eigenvalue weighted by molar-refractivity contribution is -0.119. The summed E-state index contributed by atoms with van der Waals surface area (Å²) in [5.74, 6) is 1.29. The van der Waals surface area contributed by atoms with Crippen LogP contribution in [0.15, 0.2) is 54.6 Å². The van der Waals surface area contributed by atoms with Crippen molar-refractivity contribution in [2.75, 3.05) is 6.54 Å². The van der Waals surface area contributed by atoms with Crippen molar-refractivity contribution in [3.05, 3.63) is 65.7 Å². The highest BCUT2D eigenvalue weighted by Crippen LogP contribution is 2.25. The minimum atomic E-state index is 0.138. The summed E-state index contributed by atoms with van der Waals surface area (Å²) in [7, 11) is 0. The van der Waals surface area contributed by atoms with E-state index in [9.17, 15) is 4.79 Å². The first-order valence-corrected chi connectivity index (χ1v) is 6.84. The highest BCUT2D eigenvalue weighted by molar-refractivity contribution is 5.79. The third kappa shape index (κ3) is 2.99. The van der Waals surface area contributed by atoms with Crippen molar-refractivity contribution in [2.24, 2.45) is 0 Å². The van der Waals surface area contributed by atoms with Gasteiger partial charge >= 0.3 is 0 Å². The van der Waals surface area contributed by atoms with Gasteiger partial charge < -0.3 is 10.1 Å². The van der Waals surface area contributed by atoms with Crippen molar-refractivity contribution < 1.29 is 9.53 Å². The van der Waals surface area contributed by atoms with Gasteiger partial charge in [-0.25, -0.2) is 0 Å². The van der Waals surface area contributed by atoms with Crippen LogP contribution < -0.4 is 10.1 Å². The van der Waals surface area contributed by atoms with Gasteiger partial charge in [0.25, 0.3) is 0 Å². The molecule has 3 rings (SSSR count). The molecule has 0 aliphatic carbocycles. The van der Waals surface area contributed by atoms with Gasteiger partial charge in [-0.1, -0.05) is 42.5 Å². The maximum atomic E-state index is 11.2. The van der Waals surface area contributed by atoms with Crippen molar-refractivity contribution >= 4 is 5.91 Å². The van der Waals surface area contributed by atoms with Gasteiger partial charge in [-0.05, 0) is 23.3 Å². The van der Waals surface area contributed by atoms with Gasteiger partial charge in [0.15, 0.2) is 0 Å². The Kier molecular flexibility index (Phi) is 3.68. The fourth-order valence-corrected chi connectivity index (χ4v) is 2.42. The first-order valence-electron chi connectivity index (χ1n) is 6.84. The monoisotopic (exact) mass is 267 g/mol. The summed E-state index contributed by atoms with van der Waals surface area (Å²) in [6, 6.07) is 18.1. The summed E-state index contributed by atoms with van der Waals surface area (Å²) >= 11 is 0. The third-order valence-electron chi connectivity index (χ3n) is 3.58. The highest BCUT2D eigenvalue weighted by atomic mass is 16.5. The summed E-state index contributed by atoms with van der Waals surface area (Å²) in [5.41, 5.74) is 2.34. The van der Waals surface area contributed by atoms with Gasteiger partial charge in [0, 0.05) is 18.9 Å². The number of hydrogen-bond donors (Lipinski definition) is 1. The minimum Gasteiger partial charge on any atom is -0.489 e. The van der Waals surface area contributed by atoms with E-state index in [1.807, 2.05) is 54.6 Å². The van der Waals surface area contributed by atoms with Crippen LogP contribution in [0.25, 0.3) is 0 Å². The van der Waals surface area contributed by atoms with E-state index >= 15 is 0 Å². The molecular weight excluding hydrogens is 250 g/mol. The normalized spacial score (nSPS) is 17.8. The molecule has 1 amide bonds. The molecule has 1 heterocycles. The van der Waals surface area contributed by atoms with E-state index in [0.717, 1.165) is 17.9 Å². The van der Waals surface area contributed by atoms with Crippen LogP contribution in [0.3, 0.4) is 0 Å². The van der Waals surface area contributed by atoms with E-state index in [1.54, 1.807) is 0 Å². The fraction of sp³-hybridized carbons (Fsp3) is 0.235. The summed E-state index contributed by atoms with van der Waals surface area (Å²) in [6.45, 7) is 1.31. The Morgan fingerprint density at radius 2 is 1.80 bits per heavy atom. The van der Waals surface area contributed by atoms with Crippen LogP contribution in [0.1, 0.15) is 23.5 Å². The van der Waals surface area contributed by atoms with Crippen molar-refractivity contribution in [3.63, 3.8) is 0 Å². The van der Waals surface area contributed by atoms with Gasteiger partial charge in [-0.2, -0.15) is 0 Å². The van der Waals surface area contributed by atoms with E-state index in [0.29, 0.717) is 18.9 Å². The van der Waals surface area contributed by atoms with Gasteiger partial charge in [-0.15, -0.1) is 0 Å². The Labute approximate surface area is 118 Å². The summed E-state index contributed by atoms with van der Waals surface area (Å²) in [4.78, 5) is 11.2. The molecule has 1 aliphatic heterocycles. The molecule has 0 bridgehead atoms. The highest BCUT2D eigenvalue weighted by Gasteiger charge is 2.22. The molecule has 0 saturated carbocycles. The second kappa shape index (κ2) is 5.78. The average Bonchev–Trinajstić information content (AvgIpc) is 2.93. The lowest BCUT2D eigenvalue weighted by Crippen LogP contribution is -2.13. The topological polar surface area (TPSA) is 38.3 Å². The van der Waals surface area contributed by atoms with Crippen LogP contribution in [0.4, 0.5) is 0 Å². The molecule has 0 spiro atoms. The molecule has 0 radical (unpaired) electrons. The van der Waals surface area contributed by atoms with Crippen molar-refractivity contribution in [2.45, 2.75) is 18.9 Å². The number of benzene rings is 2. The molecule has 0 unspecified atom stereocenters. The molecule has 1 aliphatic rings. The fourth-order valence-electron chi connectivity index (χ4n) is 2.42. The zero-order valence-electron chi connectivity index (χ0n) is 11.2. The third-order valence-corrected chi connectivity index (χ3v) is 3.58. The molecule has 1 fully saturated rings. The van der Waals surface area contributed by atoms with Crippen LogP contribution in [0.2, 0.25) is 0 Å². The second-order valence-electron chi connectivity index (χ2n) is 5.05. The number of carbonyl (C=O) groups excluding carboxylic acids is 1. The molecule has 20 heavy (non-hydrogen) atoms. The van der Waals surface area contributed by atoms with Gasteiger partial charge in [0.2, 0.25) is 5.91 Å². The van der Waals surface area contributed by atoms with E-state index < -0.39 is 0 Å². The van der Waals surface area contributed by atoms with E-state index in [1.165, 1.54) is 5.56 Å². The molecule has 1 N–H and O–H groups in total. The Morgan fingerprint density at radius 1 is 1.05 bits per heavy atom. The van der Waals surface area contributed by atoms with Crippen molar-refractivity contribution in [3.8, 4) is 5.75 Å². The van der Waals surface area contributed by atoms with Crippen LogP contribution in [0.5, 0.6) is 5.75 Å². The predicted molar refractivity (Wildman–Crippen MR) is 77.6 cm³/mol. The maximum absolute atomic E-state index is 11.2. The van der Waals surface area contributed by atoms with Gasteiger partial charge in [-0.3, -0.25) is 4.79 Å². The number of hydrogen-bond acceptors (Lipinski definition) is 2. The van der Waals surface area contributed by atoms with E-state index in [4.69, 9.17) is 4.74 Å². The SMILES string of the molecule is O=C1C[C@@H](c2ccc(OCc3ccccc3)cc2)CN1. The molecule has 2 aromatic carbocycles. The van der Waals surface area contributed by atoms with Crippen LogP contribution in [-0.2, 0) is 11.4 Å². The van der Waals surface area contributed by atoms with Crippen LogP contribution in [-0.4, -0.2) is 12.5 Å². The number of ether oxygens (including phenoxy) is 1. The molecular formula is C17H17NO2. The first-order chi connectivity index (χ1) is 9.81. The van der Waals surface area contributed by atoms with Gasteiger partial charge in [0.05, 0.1) is 0 Å². The second-order valence-corrected chi connectivity index (χ2v) is 5.05. The molecule has 1 atom stereocenters. The maximum Gasteiger partial charge on any atom is 0.220 e. The largest absolute Gasteiger partial charge is 0.489 e. The average molecular weight is 267 g/mol. The smallest absolute Gasteiger partial charge is 0.220 e. The standard InChI is InChI=1S/C17H17NO2/c19-17-10-15(11-18-17)14-6-8-16(9-7-14)20-12-13-4-2-1-3-5-13/h1-9,15H,10-12H2,(H,18,19)/t15-/m1/s1. The van der Waals surface area contributed by atoms with Gasteiger partial charge in [0.1, 0.15) is 12.4 Å². The lowest BCUT2D eigenvalue weighted by Gasteiger charge is -2.10. The molecule has 2 aromatic rings. The van der Waals surface area contributed by atoms with Crippen molar-refractivity contribution in [1.29, 1.82) is 0 Å². The number of amides is 1. The van der Waals surface area contributed by atoms with Crippen LogP contribution >= 0.6 is 0 Å². The lowest BCUT2D eigenvalue weighted by atomic mass is 9.98. The molecule has 1 saturated heterocycles. The van der Waals surface area contributed by atoms with E-state index in [-0.39, 0.29) is 5.91 Å². The minimum absolute atomic E-state index is 0.138. The molecule has 3 nitrogen and oxygen atoms in total. The van der Waals surface area contributed by atoms with Crippen LogP contribution in [0, 0.1) is 0 Å².